The van der Waals surface area contributed by atoms with Gasteiger partial charge in [-0.15, -0.1) is 0 Å². The van der Waals surface area contributed by atoms with E-state index in [4.69, 9.17) is 11.6 Å². The van der Waals surface area contributed by atoms with Crippen molar-refractivity contribution < 1.29 is 13.9 Å². The highest BCUT2D eigenvalue weighted by Gasteiger charge is 2.13. The number of hydrogen-bond donors (Lipinski definition) is 1. The first-order valence-corrected chi connectivity index (χ1v) is 6.71. The molecule has 0 fully saturated rings. The predicted molar refractivity (Wildman–Crippen MR) is 74.2 cm³/mol. The average Bonchev–Trinajstić information content (AvgIpc) is 2.36. The van der Waals surface area contributed by atoms with Crippen molar-refractivity contribution in [2.75, 3.05) is 0 Å². The predicted octanol–water partition coefficient (Wildman–Crippen LogP) is 4.66. The van der Waals surface area contributed by atoms with Crippen LogP contribution in [0.3, 0.4) is 0 Å². The Hall–Kier alpha value is -0.970. The Bertz CT molecular complexity index is 604. The summed E-state index contributed by atoms with van der Waals surface area (Å²) in [5, 5.41) is 10.4. The topological polar surface area (TPSA) is 20.2 Å². The first-order chi connectivity index (χ1) is 8.97. The van der Waals surface area contributed by atoms with E-state index >= 15 is 0 Å². The first-order valence-electron chi connectivity index (χ1n) is 5.54. The molecule has 0 saturated carbocycles. The van der Waals surface area contributed by atoms with Gasteiger partial charge in [0.05, 0.1) is 10.6 Å². The lowest BCUT2D eigenvalue weighted by Crippen LogP contribution is -2.03. The van der Waals surface area contributed by atoms with Crippen LogP contribution in [0.1, 0.15) is 17.2 Å². The van der Waals surface area contributed by atoms with Gasteiger partial charge in [0, 0.05) is 11.4 Å². The summed E-state index contributed by atoms with van der Waals surface area (Å²) in [5.41, 5.74) is 1.20. The summed E-state index contributed by atoms with van der Waals surface area (Å²) in [5.74, 6) is -0.816. The fourth-order valence-corrected chi connectivity index (χ4v) is 2.37. The molecule has 0 aliphatic rings. The third-order valence-electron chi connectivity index (χ3n) is 2.76. The molecule has 0 bridgehead atoms. The Morgan fingerprint density at radius 3 is 2.53 bits per heavy atom. The van der Waals surface area contributed by atoms with E-state index in [-0.39, 0.29) is 15.9 Å². The van der Waals surface area contributed by atoms with Crippen LogP contribution in [0.5, 0.6) is 0 Å². The number of aliphatic hydroxyl groups excluding tert-OH is 1. The minimum absolute atomic E-state index is 0.233. The van der Waals surface area contributed by atoms with Crippen LogP contribution in [-0.4, -0.2) is 5.11 Å². The second kappa shape index (κ2) is 5.99. The zero-order valence-corrected chi connectivity index (χ0v) is 12.0. The Morgan fingerprint density at radius 2 is 1.89 bits per heavy atom. The van der Waals surface area contributed by atoms with E-state index in [2.05, 4.69) is 15.9 Å². The maximum atomic E-state index is 13.1. The maximum absolute atomic E-state index is 13.1. The third kappa shape index (κ3) is 3.53. The molecule has 2 aromatic rings. The highest BCUT2D eigenvalue weighted by Crippen LogP contribution is 2.26. The van der Waals surface area contributed by atoms with Crippen LogP contribution < -0.4 is 0 Å². The fourth-order valence-electron chi connectivity index (χ4n) is 1.73. The van der Waals surface area contributed by atoms with Crippen LogP contribution in [-0.2, 0) is 6.42 Å². The largest absolute Gasteiger partial charge is 0.388 e. The zero-order valence-electron chi connectivity index (χ0n) is 9.71. The lowest BCUT2D eigenvalue weighted by Gasteiger charge is -2.13. The SMILES string of the molecule is OC(Cc1ccc(F)cc1Cl)c1ccc(F)c(Br)c1. The van der Waals surface area contributed by atoms with Crippen molar-refractivity contribution in [3.63, 3.8) is 0 Å². The second-order valence-electron chi connectivity index (χ2n) is 4.13. The van der Waals surface area contributed by atoms with Crippen molar-refractivity contribution in [1.82, 2.24) is 0 Å². The summed E-state index contributed by atoms with van der Waals surface area (Å²) in [4.78, 5) is 0. The molecular formula is C14H10BrClF2O. The highest BCUT2D eigenvalue weighted by atomic mass is 79.9. The summed E-state index contributed by atoms with van der Waals surface area (Å²) in [6.45, 7) is 0. The zero-order chi connectivity index (χ0) is 14.0. The van der Waals surface area contributed by atoms with Crippen LogP contribution in [0.4, 0.5) is 8.78 Å². The molecule has 0 radical (unpaired) electrons. The summed E-state index contributed by atoms with van der Waals surface area (Å²) in [7, 11) is 0. The van der Waals surface area contributed by atoms with Gasteiger partial charge < -0.3 is 5.11 Å². The molecule has 5 heteroatoms. The van der Waals surface area contributed by atoms with Crippen LogP contribution >= 0.6 is 27.5 Å². The maximum Gasteiger partial charge on any atom is 0.137 e. The average molecular weight is 348 g/mol. The molecule has 1 atom stereocenters. The number of aliphatic hydroxyl groups is 1. The molecule has 100 valence electrons. The summed E-state index contributed by atoms with van der Waals surface area (Å²) in [6.07, 6.45) is -0.600. The summed E-state index contributed by atoms with van der Waals surface area (Å²) in [6, 6.07) is 8.30. The number of hydrogen-bond acceptors (Lipinski definition) is 1. The van der Waals surface area contributed by atoms with Crippen LogP contribution in [0.25, 0.3) is 0 Å². The minimum Gasteiger partial charge on any atom is -0.388 e. The van der Waals surface area contributed by atoms with E-state index in [1.165, 1.54) is 36.4 Å². The van der Waals surface area contributed by atoms with Gasteiger partial charge in [0.1, 0.15) is 11.6 Å². The van der Waals surface area contributed by atoms with E-state index < -0.39 is 17.7 Å². The molecule has 19 heavy (non-hydrogen) atoms. The molecule has 0 aromatic heterocycles. The molecule has 0 saturated heterocycles. The van der Waals surface area contributed by atoms with Crippen LogP contribution in [0, 0.1) is 11.6 Å². The Morgan fingerprint density at radius 1 is 1.16 bits per heavy atom. The van der Waals surface area contributed by atoms with E-state index in [0.29, 0.717) is 11.1 Å². The molecule has 1 nitrogen and oxygen atoms in total. The van der Waals surface area contributed by atoms with Crippen molar-refractivity contribution >= 4 is 27.5 Å². The van der Waals surface area contributed by atoms with Crippen molar-refractivity contribution in [2.45, 2.75) is 12.5 Å². The smallest absolute Gasteiger partial charge is 0.137 e. The van der Waals surface area contributed by atoms with Gasteiger partial charge >= 0.3 is 0 Å². The van der Waals surface area contributed by atoms with Gasteiger partial charge in [0.15, 0.2) is 0 Å². The molecule has 1 unspecified atom stereocenters. The van der Waals surface area contributed by atoms with Crippen molar-refractivity contribution in [3.05, 3.63) is 68.7 Å². The molecule has 1 N–H and O–H groups in total. The summed E-state index contributed by atoms with van der Waals surface area (Å²) < 4.78 is 26.3. The molecular weight excluding hydrogens is 338 g/mol. The molecule has 2 aromatic carbocycles. The number of halogens is 4. The normalized spacial score (nSPS) is 12.5. The molecule has 0 aliphatic carbocycles. The van der Waals surface area contributed by atoms with Gasteiger partial charge in [0.2, 0.25) is 0 Å². The van der Waals surface area contributed by atoms with E-state index in [9.17, 15) is 13.9 Å². The summed E-state index contributed by atoms with van der Waals surface area (Å²) >= 11 is 8.96. The van der Waals surface area contributed by atoms with Gasteiger partial charge in [-0.3, -0.25) is 0 Å². The lowest BCUT2D eigenvalue weighted by molar-refractivity contribution is 0.178. The van der Waals surface area contributed by atoms with Crippen molar-refractivity contribution in [1.29, 1.82) is 0 Å². The minimum atomic E-state index is -0.833. The number of rotatable bonds is 3. The van der Waals surface area contributed by atoms with E-state index in [1.54, 1.807) is 0 Å². The Balaban J connectivity index is 2.20. The van der Waals surface area contributed by atoms with Crippen molar-refractivity contribution in [3.8, 4) is 0 Å². The Kier molecular flexibility index (Phi) is 4.55. The molecule has 0 amide bonds. The van der Waals surface area contributed by atoms with Crippen LogP contribution in [0.15, 0.2) is 40.9 Å². The molecule has 2 rings (SSSR count). The van der Waals surface area contributed by atoms with Crippen molar-refractivity contribution in [2.24, 2.45) is 0 Å². The van der Waals surface area contributed by atoms with Gasteiger partial charge in [-0.1, -0.05) is 23.7 Å². The van der Waals surface area contributed by atoms with Gasteiger partial charge in [0.25, 0.3) is 0 Å². The lowest BCUT2D eigenvalue weighted by atomic mass is 10.0. The van der Waals surface area contributed by atoms with E-state index in [1.807, 2.05) is 0 Å². The Labute approximate surface area is 123 Å². The van der Waals surface area contributed by atoms with Gasteiger partial charge in [-0.05, 0) is 51.3 Å². The van der Waals surface area contributed by atoms with Crippen LogP contribution in [0.2, 0.25) is 5.02 Å². The van der Waals surface area contributed by atoms with Gasteiger partial charge in [-0.25, -0.2) is 8.78 Å². The van der Waals surface area contributed by atoms with Gasteiger partial charge in [-0.2, -0.15) is 0 Å². The monoisotopic (exact) mass is 346 g/mol. The first kappa shape index (κ1) is 14.4. The standard InChI is InChI=1S/C14H10BrClF2O/c15-11-5-9(2-4-13(11)18)14(19)6-8-1-3-10(17)7-12(8)16/h1-5,7,14,19H,6H2. The molecule has 0 heterocycles. The fraction of sp³-hybridized carbons (Fsp3) is 0.143. The second-order valence-corrected chi connectivity index (χ2v) is 5.39. The van der Waals surface area contributed by atoms with E-state index in [0.717, 1.165) is 0 Å². The third-order valence-corrected chi connectivity index (χ3v) is 3.72. The molecule has 0 aliphatic heterocycles. The quantitative estimate of drug-likeness (QED) is 0.856. The number of benzene rings is 2. The highest BCUT2D eigenvalue weighted by molar-refractivity contribution is 9.10. The molecule has 0 spiro atoms.